The molecular formula is C14H21N. The number of benzene rings is 1. The molecule has 15 heavy (non-hydrogen) atoms. The fourth-order valence-electron chi connectivity index (χ4n) is 1.47. The van der Waals surface area contributed by atoms with E-state index in [-0.39, 0.29) is 0 Å². The Balaban J connectivity index is 2.30. The van der Waals surface area contributed by atoms with Crippen LogP contribution < -0.4 is 5.32 Å². The molecule has 0 amide bonds. The van der Waals surface area contributed by atoms with Gasteiger partial charge in [-0.3, -0.25) is 0 Å². The number of hydrogen-bond acceptors (Lipinski definition) is 1. The van der Waals surface area contributed by atoms with Crippen molar-refractivity contribution < 1.29 is 0 Å². The average Bonchev–Trinajstić information content (AvgIpc) is 2.25. The largest absolute Gasteiger partial charge is 0.310 e. The van der Waals surface area contributed by atoms with Gasteiger partial charge in [0.2, 0.25) is 0 Å². The van der Waals surface area contributed by atoms with E-state index in [0.717, 1.165) is 19.4 Å². The summed E-state index contributed by atoms with van der Waals surface area (Å²) in [6, 6.07) is 9.24. The summed E-state index contributed by atoms with van der Waals surface area (Å²) in [6.45, 7) is 9.02. The Hall–Kier alpha value is -1.08. The molecule has 1 heteroatoms. The highest BCUT2D eigenvalue weighted by atomic mass is 14.9. The van der Waals surface area contributed by atoms with Gasteiger partial charge in [0.05, 0.1) is 0 Å². The highest BCUT2D eigenvalue weighted by molar-refractivity contribution is 5.21. The van der Waals surface area contributed by atoms with Gasteiger partial charge in [-0.15, -0.1) is 6.58 Å². The third kappa shape index (κ3) is 4.80. The summed E-state index contributed by atoms with van der Waals surface area (Å²) in [7, 11) is 0. The van der Waals surface area contributed by atoms with Crippen LogP contribution in [0.4, 0.5) is 0 Å². The van der Waals surface area contributed by atoms with E-state index in [1.165, 1.54) is 11.1 Å². The molecule has 82 valence electrons. The summed E-state index contributed by atoms with van der Waals surface area (Å²) in [4.78, 5) is 0. The van der Waals surface area contributed by atoms with Crippen LogP contribution in [0.3, 0.4) is 0 Å². The third-order valence-corrected chi connectivity index (χ3v) is 2.58. The van der Waals surface area contributed by atoms with Crippen LogP contribution in [-0.2, 0) is 6.54 Å². The number of hydrogen-bond donors (Lipinski definition) is 1. The van der Waals surface area contributed by atoms with Crippen LogP contribution >= 0.6 is 0 Å². The molecular weight excluding hydrogens is 182 g/mol. The lowest BCUT2D eigenvalue weighted by molar-refractivity contribution is 0.518. The Bertz CT molecular complexity index is 287. The summed E-state index contributed by atoms with van der Waals surface area (Å²) >= 11 is 0. The third-order valence-electron chi connectivity index (χ3n) is 2.58. The summed E-state index contributed by atoms with van der Waals surface area (Å²) in [5, 5.41) is 3.51. The van der Waals surface area contributed by atoms with Gasteiger partial charge in [-0.25, -0.2) is 0 Å². The van der Waals surface area contributed by atoms with Gasteiger partial charge in [-0.2, -0.15) is 0 Å². The molecule has 0 spiro atoms. The lowest BCUT2D eigenvalue weighted by Gasteiger charge is -2.12. The summed E-state index contributed by atoms with van der Waals surface area (Å²) in [5.74, 6) is 0. The topological polar surface area (TPSA) is 12.0 Å². The fourth-order valence-corrected chi connectivity index (χ4v) is 1.47. The number of aryl methyl sites for hydroxylation is 1. The van der Waals surface area contributed by atoms with Gasteiger partial charge in [-0.05, 0) is 32.3 Å². The van der Waals surface area contributed by atoms with E-state index < -0.39 is 0 Å². The van der Waals surface area contributed by atoms with Crippen molar-refractivity contribution >= 4 is 0 Å². The predicted molar refractivity (Wildman–Crippen MR) is 66.9 cm³/mol. The summed E-state index contributed by atoms with van der Waals surface area (Å²) in [5.41, 5.74) is 2.67. The van der Waals surface area contributed by atoms with Crippen LogP contribution in [0.15, 0.2) is 36.9 Å². The van der Waals surface area contributed by atoms with Crippen molar-refractivity contribution in [2.24, 2.45) is 0 Å². The van der Waals surface area contributed by atoms with Crippen LogP contribution in [0.5, 0.6) is 0 Å². The monoisotopic (exact) mass is 203 g/mol. The predicted octanol–water partition coefficient (Wildman–Crippen LogP) is 3.44. The molecule has 1 aromatic carbocycles. The molecule has 0 bridgehead atoms. The van der Waals surface area contributed by atoms with Gasteiger partial charge < -0.3 is 5.32 Å². The summed E-state index contributed by atoms with van der Waals surface area (Å²) in [6.07, 6.45) is 4.22. The minimum Gasteiger partial charge on any atom is -0.310 e. The van der Waals surface area contributed by atoms with Crippen molar-refractivity contribution in [2.75, 3.05) is 0 Å². The van der Waals surface area contributed by atoms with Crippen LogP contribution in [0.25, 0.3) is 0 Å². The zero-order valence-corrected chi connectivity index (χ0v) is 9.79. The molecule has 0 aliphatic heterocycles. The SMILES string of the molecule is C=CCCC(C)NCc1ccc(C)cc1. The van der Waals surface area contributed by atoms with Crippen molar-refractivity contribution in [1.29, 1.82) is 0 Å². The molecule has 0 saturated heterocycles. The molecule has 0 aromatic heterocycles. The Morgan fingerprint density at radius 2 is 2.00 bits per heavy atom. The second-order valence-corrected chi connectivity index (χ2v) is 4.13. The Morgan fingerprint density at radius 3 is 2.60 bits per heavy atom. The zero-order chi connectivity index (χ0) is 11.1. The highest BCUT2D eigenvalue weighted by Crippen LogP contribution is 2.04. The van der Waals surface area contributed by atoms with E-state index in [9.17, 15) is 0 Å². The average molecular weight is 203 g/mol. The highest BCUT2D eigenvalue weighted by Gasteiger charge is 1.99. The number of rotatable bonds is 6. The van der Waals surface area contributed by atoms with Crippen LogP contribution in [0.1, 0.15) is 30.9 Å². The summed E-state index contributed by atoms with van der Waals surface area (Å²) < 4.78 is 0. The molecule has 0 saturated carbocycles. The molecule has 1 N–H and O–H groups in total. The van der Waals surface area contributed by atoms with Crippen LogP contribution in [0.2, 0.25) is 0 Å². The first kappa shape index (κ1) is 12.0. The van der Waals surface area contributed by atoms with Gasteiger partial charge in [0.1, 0.15) is 0 Å². The molecule has 1 rings (SSSR count). The molecule has 0 radical (unpaired) electrons. The quantitative estimate of drug-likeness (QED) is 0.698. The van der Waals surface area contributed by atoms with E-state index >= 15 is 0 Å². The van der Waals surface area contributed by atoms with Crippen molar-refractivity contribution in [2.45, 2.75) is 39.3 Å². The first-order chi connectivity index (χ1) is 7.22. The standard InChI is InChI=1S/C14H21N/c1-4-5-6-13(3)15-11-14-9-7-12(2)8-10-14/h4,7-10,13,15H,1,5-6,11H2,2-3H3. The first-order valence-electron chi connectivity index (χ1n) is 5.62. The van der Waals surface area contributed by atoms with Gasteiger partial charge >= 0.3 is 0 Å². The van der Waals surface area contributed by atoms with E-state index in [2.05, 4.69) is 50.0 Å². The number of nitrogens with one attached hydrogen (secondary N) is 1. The number of allylic oxidation sites excluding steroid dienone is 1. The van der Waals surface area contributed by atoms with Crippen molar-refractivity contribution in [3.05, 3.63) is 48.0 Å². The van der Waals surface area contributed by atoms with Crippen molar-refractivity contribution in [3.8, 4) is 0 Å². The molecule has 0 aliphatic carbocycles. The van der Waals surface area contributed by atoms with Gasteiger partial charge in [-0.1, -0.05) is 35.9 Å². The lowest BCUT2D eigenvalue weighted by Crippen LogP contribution is -2.25. The molecule has 0 aliphatic rings. The van der Waals surface area contributed by atoms with Gasteiger partial charge in [0, 0.05) is 12.6 Å². The zero-order valence-electron chi connectivity index (χ0n) is 9.79. The normalized spacial score (nSPS) is 12.4. The second-order valence-electron chi connectivity index (χ2n) is 4.13. The Kier molecular flexibility index (Phi) is 5.13. The minimum atomic E-state index is 0.560. The van der Waals surface area contributed by atoms with E-state index in [1.54, 1.807) is 0 Å². The molecule has 0 fully saturated rings. The Morgan fingerprint density at radius 1 is 1.33 bits per heavy atom. The lowest BCUT2D eigenvalue weighted by atomic mass is 10.1. The molecule has 1 atom stereocenters. The maximum Gasteiger partial charge on any atom is 0.0207 e. The molecule has 1 unspecified atom stereocenters. The Labute approximate surface area is 93.2 Å². The van der Waals surface area contributed by atoms with E-state index in [0.29, 0.717) is 6.04 Å². The second kappa shape index (κ2) is 6.41. The maximum atomic E-state index is 3.73. The minimum absolute atomic E-state index is 0.560. The molecule has 0 heterocycles. The van der Waals surface area contributed by atoms with Crippen molar-refractivity contribution in [1.82, 2.24) is 5.32 Å². The van der Waals surface area contributed by atoms with Crippen molar-refractivity contribution in [3.63, 3.8) is 0 Å². The van der Waals surface area contributed by atoms with Crippen LogP contribution in [-0.4, -0.2) is 6.04 Å². The van der Waals surface area contributed by atoms with Gasteiger partial charge in [0.25, 0.3) is 0 Å². The first-order valence-corrected chi connectivity index (χ1v) is 5.62. The van der Waals surface area contributed by atoms with Gasteiger partial charge in [0.15, 0.2) is 0 Å². The smallest absolute Gasteiger partial charge is 0.0207 e. The molecule has 1 nitrogen and oxygen atoms in total. The van der Waals surface area contributed by atoms with E-state index in [4.69, 9.17) is 0 Å². The van der Waals surface area contributed by atoms with Crippen LogP contribution in [0, 0.1) is 6.92 Å². The molecule has 1 aromatic rings. The maximum absolute atomic E-state index is 3.73. The fraction of sp³-hybridized carbons (Fsp3) is 0.429. The van der Waals surface area contributed by atoms with E-state index in [1.807, 2.05) is 6.08 Å².